The predicted octanol–water partition coefficient (Wildman–Crippen LogP) is 3.33. The van der Waals surface area contributed by atoms with E-state index < -0.39 is 18.1 Å². The first-order valence-corrected chi connectivity index (χ1v) is 4.95. The lowest BCUT2D eigenvalue weighted by Crippen LogP contribution is -2.52. The van der Waals surface area contributed by atoms with Crippen LogP contribution in [0.1, 0.15) is 10.4 Å². The Morgan fingerprint density at radius 3 is 1.94 bits per heavy atom. The summed E-state index contributed by atoms with van der Waals surface area (Å²) in [7, 11) is 0. The van der Waals surface area contributed by atoms with Gasteiger partial charge in [-0.25, -0.2) is 0 Å². The molecule has 0 aliphatic rings. The summed E-state index contributed by atoms with van der Waals surface area (Å²) in [5.74, 6) is -1.50. The zero-order valence-corrected chi connectivity index (χ0v) is 9.57. The predicted molar refractivity (Wildman–Crippen MR) is 52.6 cm³/mol. The van der Waals surface area contributed by atoms with Gasteiger partial charge in [-0.15, -0.1) is 0 Å². The molecular formula is C9H5BrF5NO. The number of nitrogens with one attached hydrogen (secondary N) is 1. The van der Waals surface area contributed by atoms with Crippen molar-refractivity contribution in [3.63, 3.8) is 0 Å². The van der Waals surface area contributed by atoms with Gasteiger partial charge in [0.15, 0.2) is 0 Å². The highest BCUT2D eigenvalue weighted by Gasteiger charge is 2.58. The molecule has 1 aromatic carbocycles. The topological polar surface area (TPSA) is 29.1 Å². The summed E-state index contributed by atoms with van der Waals surface area (Å²) in [6.07, 6.45) is -5.82. The van der Waals surface area contributed by atoms with Crippen LogP contribution in [-0.4, -0.2) is 18.1 Å². The lowest BCUT2D eigenvalue weighted by Gasteiger charge is -2.20. The van der Waals surface area contributed by atoms with E-state index in [2.05, 4.69) is 15.9 Å². The zero-order valence-electron chi connectivity index (χ0n) is 7.99. The number of hydrogen-bond donors (Lipinski definition) is 1. The molecular weight excluding hydrogens is 313 g/mol. The van der Waals surface area contributed by atoms with E-state index in [1.165, 1.54) is 12.1 Å². The van der Waals surface area contributed by atoms with E-state index in [4.69, 9.17) is 0 Å². The summed E-state index contributed by atoms with van der Waals surface area (Å²) in [4.78, 5) is 11.1. The Balaban J connectivity index is 2.83. The van der Waals surface area contributed by atoms with Crippen molar-refractivity contribution in [2.45, 2.75) is 12.2 Å². The second kappa shape index (κ2) is 4.59. The first kappa shape index (κ1) is 13.9. The van der Waals surface area contributed by atoms with Crippen LogP contribution in [0.4, 0.5) is 22.0 Å². The largest absolute Gasteiger partial charge is 0.475 e. The maximum Gasteiger partial charge on any atom is 0.475 e. The number of rotatable bonds is 2. The highest BCUT2D eigenvalue weighted by atomic mass is 79.9. The highest BCUT2D eigenvalue weighted by molar-refractivity contribution is 9.10. The van der Waals surface area contributed by atoms with Gasteiger partial charge in [0.2, 0.25) is 0 Å². The molecule has 1 rings (SSSR count). The molecule has 0 aliphatic heterocycles. The lowest BCUT2D eigenvalue weighted by molar-refractivity contribution is -0.290. The van der Waals surface area contributed by atoms with Crippen molar-refractivity contribution in [3.05, 3.63) is 34.3 Å². The molecule has 0 fully saturated rings. The number of benzene rings is 1. The van der Waals surface area contributed by atoms with Gasteiger partial charge in [0, 0.05) is 10.0 Å². The van der Waals surface area contributed by atoms with Crippen LogP contribution in [0.2, 0.25) is 0 Å². The minimum Gasteiger partial charge on any atom is -0.285 e. The standard InChI is InChI=1S/C9H5BrF5NO/c10-6-3-1-5(2-4-6)7(17)16-9(14,15)8(11,12)13/h1-4H,(H,16,17). The van der Waals surface area contributed by atoms with Crippen molar-refractivity contribution >= 4 is 21.8 Å². The molecule has 0 saturated carbocycles. The van der Waals surface area contributed by atoms with Gasteiger partial charge in [-0.1, -0.05) is 15.9 Å². The molecule has 0 heterocycles. The van der Waals surface area contributed by atoms with Gasteiger partial charge < -0.3 is 0 Å². The van der Waals surface area contributed by atoms with Crippen LogP contribution >= 0.6 is 15.9 Å². The third kappa shape index (κ3) is 3.39. The van der Waals surface area contributed by atoms with E-state index in [1.807, 2.05) is 0 Å². The fourth-order valence-corrected chi connectivity index (χ4v) is 1.15. The first-order chi connectivity index (χ1) is 7.63. The summed E-state index contributed by atoms with van der Waals surface area (Å²) in [6, 6.07) is -0.323. The van der Waals surface area contributed by atoms with Crippen molar-refractivity contribution < 1.29 is 26.7 Å². The second-order valence-corrected chi connectivity index (χ2v) is 3.95. The summed E-state index contributed by atoms with van der Waals surface area (Å²) in [5.41, 5.74) is -0.294. The zero-order chi connectivity index (χ0) is 13.3. The number of carbonyl (C=O) groups excluding carboxylic acids is 1. The highest BCUT2D eigenvalue weighted by Crippen LogP contribution is 2.33. The van der Waals surface area contributed by atoms with Crippen molar-refractivity contribution in [2.24, 2.45) is 0 Å². The molecule has 0 aromatic heterocycles. The third-order valence-corrected chi connectivity index (χ3v) is 2.26. The summed E-state index contributed by atoms with van der Waals surface area (Å²) < 4.78 is 60.9. The number of alkyl halides is 5. The minimum atomic E-state index is -5.82. The first-order valence-electron chi connectivity index (χ1n) is 4.16. The van der Waals surface area contributed by atoms with Crippen LogP contribution in [-0.2, 0) is 0 Å². The van der Waals surface area contributed by atoms with Crippen molar-refractivity contribution in [1.29, 1.82) is 0 Å². The average molecular weight is 318 g/mol. The number of halogens is 6. The second-order valence-electron chi connectivity index (χ2n) is 3.03. The number of hydrogen-bond acceptors (Lipinski definition) is 1. The Morgan fingerprint density at radius 1 is 1.06 bits per heavy atom. The molecule has 1 aromatic rings. The molecule has 0 unspecified atom stereocenters. The van der Waals surface area contributed by atoms with E-state index in [1.54, 1.807) is 0 Å². The molecule has 2 nitrogen and oxygen atoms in total. The van der Waals surface area contributed by atoms with Crippen molar-refractivity contribution in [3.8, 4) is 0 Å². The molecule has 0 spiro atoms. The quantitative estimate of drug-likeness (QED) is 0.658. The molecule has 0 saturated heterocycles. The van der Waals surface area contributed by atoms with Crippen LogP contribution in [0.3, 0.4) is 0 Å². The van der Waals surface area contributed by atoms with Gasteiger partial charge in [-0.05, 0) is 24.3 Å². The van der Waals surface area contributed by atoms with E-state index in [9.17, 15) is 26.7 Å². The molecule has 0 atom stereocenters. The van der Waals surface area contributed by atoms with Gasteiger partial charge in [0.05, 0.1) is 0 Å². The van der Waals surface area contributed by atoms with Gasteiger partial charge in [-0.2, -0.15) is 22.0 Å². The fourth-order valence-electron chi connectivity index (χ4n) is 0.887. The molecule has 1 amide bonds. The lowest BCUT2D eigenvalue weighted by atomic mass is 10.2. The number of amides is 1. The molecule has 0 bridgehead atoms. The van der Waals surface area contributed by atoms with Crippen molar-refractivity contribution in [2.75, 3.05) is 0 Å². The number of carbonyl (C=O) groups is 1. The Labute approximate surface area is 101 Å². The monoisotopic (exact) mass is 317 g/mol. The minimum absolute atomic E-state index is 0.294. The van der Waals surface area contributed by atoms with E-state index in [0.29, 0.717) is 9.79 Å². The molecule has 1 N–H and O–H groups in total. The fraction of sp³-hybridized carbons (Fsp3) is 0.222. The normalized spacial score (nSPS) is 12.4. The summed E-state index contributed by atoms with van der Waals surface area (Å²) in [5, 5.41) is 0.619. The van der Waals surface area contributed by atoms with Crippen LogP contribution in [0.5, 0.6) is 0 Å². The van der Waals surface area contributed by atoms with Crippen LogP contribution in [0.25, 0.3) is 0 Å². The van der Waals surface area contributed by atoms with Crippen molar-refractivity contribution in [1.82, 2.24) is 5.32 Å². The van der Waals surface area contributed by atoms with Gasteiger partial charge >= 0.3 is 12.2 Å². The Hall–Kier alpha value is -1.18. The molecule has 17 heavy (non-hydrogen) atoms. The average Bonchev–Trinajstić information content (AvgIpc) is 2.16. The molecule has 94 valence electrons. The molecule has 0 aliphatic carbocycles. The Morgan fingerprint density at radius 2 is 1.53 bits per heavy atom. The van der Waals surface area contributed by atoms with Crippen LogP contribution < -0.4 is 5.32 Å². The van der Waals surface area contributed by atoms with Gasteiger partial charge in [0.25, 0.3) is 5.91 Å². The Kier molecular flexibility index (Phi) is 3.75. The summed E-state index contributed by atoms with van der Waals surface area (Å²) >= 11 is 3.03. The van der Waals surface area contributed by atoms with E-state index >= 15 is 0 Å². The maximum absolute atomic E-state index is 12.5. The SMILES string of the molecule is O=C(NC(F)(F)C(F)(F)F)c1ccc(Br)cc1. The Bertz CT molecular complexity index is 414. The summed E-state index contributed by atoms with van der Waals surface area (Å²) in [6.45, 7) is 0. The third-order valence-electron chi connectivity index (χ3n) is 1.73. The molecule has 8 heteroatoms. The van der Waals surface area contributed by atoms with E-state index in [0.717, 1.165) is 12.1 Å². The van der Waals surface area contributed by atoms with Gasteiger partial charge in [0.1, 0.15) is 0 Å². The maximum atomic E-state index is 12.5. The van der Waals surface area contributed by atoms with Crippen LogP contribution in [0.15, 0.2) is 28.7 Å². The smallest absolute Gasteiger partial charge is 0.285 e. The van der Waals surface area contributed by atoms with E-state index in [-0.39, 0.29) is 5.56 Å². The van der Waals surface area contributed by atoms with Gasteiger partial charge in [-0.3, -0.25) is 10.1 Å². The van der Waals surface area contributed by atoms with Crippen LogP contribution in [0, 0.1) is 0 Å². The molecule has 0 radical (unpaired) electrons.